The summed E-state index contributed by atoms with van der Waals surface area (Å²) in [5, 5.41) is 0. The number of hydrogen-bond donors (Lipinski definition) is 0. The maximum absolute atomic E-state index is 5.85. The average Bonchev–Trinajstić information content (AvgIpc) is 2.77. The number of benzene rings is 2. The third-order valence-electron chi connectivity index (χ3n) is 5.53. The van der Waals surface area contributed by atoms with Gasteiger partial charge in [0.1, 0.15) is 5.75 Å². The number of unbranched alkanes of at least 4 members (excludes halogenated alkanes) is 3. The molecule has 0 spiro atoms. The van der Waals surface area contributed by atoms with Crippen molar-refractivity contribution in [1.82, 2.24) is 9.80 Å². The van der Waals surface area contributed by atoms with Gasteiger partial charge in [-0.05, 0) is 29.7 Å². The van der Waals surface area contributed by atoms with Crippen molar-refractivity contribution >= 4 is 6.08 Å². The van der Waals surface area contributed by atoms with Crippen molar-refractivity contribution in [2.45, 2.75) is 39.2 Å². The van der Waals surface area contributed by atoms with Gasteiger partial charge < -0.3 is 4.74 Å². The third kappa shape index (κ3) is 8.04. The molecule has 0 bridgehead atoms. The van der Waals surface area contributed by atoms with E-state index in [0.717, 1.165) is 58.0 Å². The van der Waals surface area contributed by atoms with Gasteiger partial charge in [0, 0.05) is 39.3 Å². The molecule has 1 aliphatic rings. The summed E-state index contributed by atoms with van der Waals surface area (Å²) >= 11 is 0. The van der Waals surface area contributed by atoms with Gasteiger partial charge in [-0.15, -0.1) is 0 Å². The summed E-state index contributed by atoms with van der Waals surface area (Å²) in [6.45, 7) is 9.68. The van der Waals surface area contributed by atoms with Crippen LogP contribution in [-0.4, -0.2) is 49.1 Å². The molecular formula is C26H36N2O. The monoisotopic (exact) mass is 392 g/mol. The molecule has 2 aromatic carbocycles. The van der Waals surface area contributed by atoms with Crippen LogP contribution in [0, 0.1) is 0 Å². The Balaban J connectivity index is 1.33. The van der Waals surface area contributed by atoms with Gasteiger partial charge in [0.25, 0.3) is 0 Å². The molecule has 0 radical (unpaired) electrons. The fourth-order valence-corrected chi connectivity index (χ4v) is 3.70. The molecule has 29 heavy (non-hydrogen) atoms. The highest BCUT2D eigenvalue weighted by Gasteiger charge is 2.15. The Hall–Kier alpha value is -2.10. The minimum Gasteiger partial charge on any atom is -0.494 e. The average molecular weight is 393 g/mol. The first-order chi connectivity index (χ1) is 14.3. The molecule has 2 aromatic rings. The van der Waals surface area contributed by atoms with E-state index in [2.05, 4.69) is 83.5 Å². The van der Waals surface area contributed by atoms with Crippen LogP contribution < -0.4 is 4.74 Å². The Bertz CT molecular complexity index is 703. The lowest BCUT2D eigenvalue weighted by molar-refractivity contribution is 0.137. The molecule has 0 aromatic heterocycles. The van der Waals surface area contributed by atoms with Crippen molar-refractivity contribution in [2.24, 2.45) is 0 Å². The summed E-state index contributed by atoms with van der Waals surface area (Å²) in [7, 11) is 0. The summed E-state index contributed by atoms with van der Waals surface area (Å²) in [6, 6.07) is 19.2. The van der Waals surface area contributed by atoms with Crippen LogP contribution in [-0.2, 0) is 6.54 Å². The number of ether oxygens (including phenoxy) is 1. The van der Waals surface area contributed by atoms with Crippen LogP contribution in [0.25, 0.3) is 6.08 Å². The van der Waals surface area contributed by atoms with Gasteiger partial charge in [-0.3, -0.25) is 9.80 Å². The predicted molar refractivity (Wildman–Crippen MR) is 123 cm³/mol. The van der Waals surface area contributed by atoms with Crippen LogP contribution >= 0.6 is 0 Å². The van der Waals surface area contributed by atoms with E-state index >= 15 is 0 Å². The molecule has 3 rings (SSSR count). The first kappa shape index (κ1) is 21.6. The minimum atomic E-state index is 0.833. The lowest BCUT2D eigenvalue weighted by Gasteiger charge is -2.34. The van der Waals surface area contributed by atoms with E-state index in [1.165, 1.54) is 30.4 Å². The Morgan fingerprint density at radius 2 is 1.55 bits per heavy atom. The molecule has 0 amide bonds. The molecule has 1 saturated heterocycles. The summed E-state index contributed by atoms with van der Waals surface area (Å²) in [5.41, 5.74) is 2.65. The largest absolute Gasteiger partial charge is 0.494 e. The number of piperazine rings is 1. The van der Waals surface area contributed by atoms with E-state index in [-0.39, 0.29) is 0 Å². The van der Waals surface area contributed by atoms with Crippen LogP contribution in [0.5, 0.6) is 5.75 Å². The molecule has 156 valence electrons. The Morgan fingerprint density at radius 3 is 2.28 bits per heavy atom. The molecule has 1 fully saturated rings. The van der Waals surface area contributed by atoms with Crippen molar-refractivity contribution < 1.29 is 4.74 Å². The first-order valence-corrected chi connectivity index (χ1v) is 11.2. The van der Waals surface area contributed by atoms with E-state index in [0.29, 0.717) is 0 Å². The predicted octanol–water partition coefficient (Wildman–Crippen LogP) is 5.48. The Kier molecular flexibility index (Phi) is 9.28. The van der Waals surface area contributed by atoms with Gasteiger partial charge in [-0.1, -0.05) is 80.8 Å². The minimum absolute atomic E-state index is 0.833. The number of nitrogens with zero attached hydrogens (tertiary/aromatic N) is 2. The molecule has 3 heteroatoms. The van der Waals surface area contributed by atoms with E-state index in [9.17, 15) is 0 Å². The van der Waals surface area contributed by atoms with Crippen LogP contribution in [0.2, 0.25) is 0 Å². The second-order valence-electron chi connectivity index (χ2n) is 7.94. The normalized spacial score (nSPS) is 15.8. The van der Waals surface area contributed by atoms with Crippen molar-refractivity contribution in [3.05, 3.63) is 71.8 Å². The molecule has 0 unspecified atom stereocenters. The zero-order valence-corrected chi connectivity index (χ0v) is 17.9. The second kappa shape index (κ2) is 12.5. The summed E-state index contributed by atoms with van der Waals surface area (Å²) < 4.78 is 5.85. The van der Waals surface area contributed by atoms with Crippen molar-refractivity contribution in [3.63, 3.8) is 0 Å². The van der Waals surface area contributed by atoms with E-state index in [4.69, 9.17) is 4.74 Å². The zero-order chi connectivity index (χ0) is 20.2. The van der Waals surface area contributed by atoms with Gasteiger partial charge in [-0.2, -0.15) is 0 Å². The molecular weight excluding hydrogens is 356 g/mol. The maximum atomic E-state index is 5.85. The summed E-state index contributed by atoms with van der Waals surface area (Å²) in [5.74, 6) is 1.00. The maximum Gasteiger partial charge on any atom is 0.119 e. The number of hydrogen-bond acceptors (Lipinski definition) is 3. The highest BCUT2D eigenvalue weighted by atomic mass is 16.5. The van der Waals surface area contributed by atoms with Gasteiger partial charge in [-0.25, -0.2) is 0 Å². The van der Waals surface area contributed by atoms with Crippen LogP contribution in [0.4, 0.5) is 0 Å². The van der Waals surface area contributed by atoms with Gasteiger partial charge >= 0.3 is 0 Å². The zero-order valence-electron chi connectivity index (χ0n) is 17.9. The SMILES string of the molecule is CCCCCCOc1ccc(CN2CCN(C/C=C/c3ccccc3)CC2)cc1. The molecule has 3 nitrogen and oxygen atoms in total. The lowest BCUT2D eigenvalue weighted by Crippen LogP contribution is -2.45. The molecule has 1 heterocycles. The fourth-order valence-electron chi connectivity index (χ4n) is 3.70. The molecule has 0 N–H and O–H groups in total. The highest BCUT2D eigenvalue weighted by Crippen LogP contribution is 2.15. The fraction of sp³-hybridized carbons (Fsp3) is 0.462. The summed E-state index contributed by atoms with van der Waals surface area (Å²) in [4.78, 5) is 5.09. The smallest absolute Gasteiger partial charge is 0.119 e. The number of rotatable bonds is 11. The standard InChI is InChI=1S/C26H36N2O/c1-2-3-4-8-22-29-26-15-13-25(14-16-26)23-28-20-18-27(19-21-28)17-9-12-24-10-6-5-7-11-24/h5-7,9-16H,2-4,8,17-23H2,1H3/b12-9+. The first-order valence-electron chi connectivity index (χ1n) is 11.2. The molecule has 0 saturated carbocycles. The Labute approximate surface area is 177 Å². The quantitative estimate of drug-likeness (QED) is 0.471. The van der Waals surface area contributed by atoms with Gasteiger partial charge in [0.05, 0.1) is 6.61 Å². The van der Waals surface area contributed by atoms with E-state index in [1.807, 2.05) is 0 Å². The lowest BCUT2D eigenvalue weighted by atomic mass is 10.2. The molecule has 0 atom stereocenters. The van der Waals surface area contributed by atoms with E-state index in [1.54, 1.807) is 0 Å². The third-order valence-corrected chi connectivity index (χ3v) is 5.53. The van der Waals surface area contributed by atoms with Crippen LogP contribution in [0.3, 0.4) is 0 Å². The van der Waals surface area contributed by atoms with Crippen molar-refractivity contribution in [3.8, 4) is 5.75 Å². The Morgan fingerprint density at radius 1 is 0.828 bits per heavy atom. The van der Waals surface area contributed by atoms with Gasteiger partial charge in [0.2, 0.25) is 0 Å². The topological polar surface area (TPSA) is 15.7 Å². The van der Waals surface area contributed by atoms with Crippen LogP contribution in [0.1, 0.15) is 43.7 Å². The highest BCUT2D eigenvalue weighted by molar-refractivity contribution is 5.48. The van der Waals surface area contributed by atoms with Gasteiger partial charge in [0.15, 0.2) is 0 Å². The second-order valence-corrected chi connectivity index (χ2v) is 7.94. The van der Waals surface area contributed by atoms with Crippen LogP contribution in [0.15, 0.2) is 60.7 Å². The molecule has 0 aliphatic carbocycles. The van der Waals surface area contributed by atoms with E-state index < -0.39 is 0 Å². The van der Waals surface area contributed by atoms with Crippen molar-refractivity contribution in [1.29, 1.82) is 0 Å². The summed E-state index contributed by atoms with van der Waals surface area (Å²) in [6.07, 6.45) is 9.50. The molecule has 1 aliphatic heterocycles. The van der Waals surface area contributed by atoms with Crippen molar-refractivity contribution in [2.75, 3.05) is 39.3 Å².